The van der Waals surface area contributed by atoms with Gasteiger partial charge in [0.05, 0.1) is 16.3 Å². The van der Waals surface area contributed by atoms with Crippen LogP contribution in [0.15, 0.2) is 35.6 Å². The van der Waals surface area contributed by atoms with Crippen LogP contribution in [0.3, 0.4) is 0 Å². The molecule has 1 fully saturated rings. The molecule has 180 valence electrons. The number of hydrazone groups is 1. The number of alkyl halides is 2. The lowest BCUT2D eigenvalue weighted by Gasteiger charge is -2.29. The first kappa shape index (κ1) is 24.2. The highest BCUT2D eigenvalue weighted by atomic mass is 35.5. The van der Waals surface area contributed by atoms with E-state index in [0.29, 0.717) is 22.8 Å². The molecule has 2 aliphatic rings. The lowest BCUT2D eigenvalue weighted by atomic mass is 10.0. The van der Waals surface area contributed by atoms with Crippen LogP contribution in [-0.2, 0) is 16.0 Å². The Hall–Kier alpha value is -2.96. The smallest absolute Gasteiger partial charge is 0.278 e. The van der Waals surface area contributed by atoms with Gasteiger partial charge in [-0.3, -0.25) is 9.59 Å². The predicted molar refractivity (Wildman–Crippen MR) is 127 cm³/mol. The molecule has 2 aliphatic heterocycles. The molecule has 34 heavy (non-hydrogen) atoms. The number of pyridine rings is 1. The van der Waals surface area contributed by atoms with Crippen LogP contribution < -0.4 is 21.4 Å². The number of benzene rings is 1. The number of hydrogen-bond acceptors (Lipinski definition) is 7. The van der Waals surface area contributed by atoms with Crippen LogP contribution in [0.2, 0.25) is 5.02 Å². The molecule has 1 aromatic heterocycles. The van der Waals surface area contributed by atoms with Gasteiger partial charge in [-0.2, -0.15) is 5.10 Å². The molecule has 1 unspecified atom stereocenters. The number of carbonyl (C=O) groups is 2. The van der Waals surface area contributed by atoms with Crippen molar-refractivity contribution in [3.05, 3.63) is 46.6 Å². The third-order valence-electron chi connectivity index (χ3n) is 5.40. The summed E-state index contributed by atoms with van der Waals surface area (Å²) >= 11 is 5.21. The van der Waals surface area contributed by atoms with E-state index in [-0.39, 0.29) is 34.6 Å². The van der Waals surface area contributed by atoms with Crippen LogP contribution in [-0.4, -0.2) is 57.1 Å². The summed E-state index contributed by atoms with van der Waals surface area (Å²) < 4.78 is 38.2. The molecule has 9 nitrogen and oxygen atoms in total. The Balaban J connectivity index is 1.61. The van der Waals surface area contributed by atoms with Gasteiger partial charge in [0.25, 0.3) is 12.3 Å². The Labute approximate surface area is 201 Å². The highest BCUT2D eigenvalue weighted by molar-refractivity contribution is 7.92. The van der Waals surface area contributed by atoms with Gasteiger partial charge in [-0.05, 0) is 47.9 Å². The average molecular weight is 511 g/mol. The van der Waals surface area contributed by atoms with Gasteiger partial charge < -0.3 is 20.9 Å². The number of hydrogen-bond donors (Lipinski definition) is 3. The minimum Gasteiger partial charge on any atom is -0.616 e. The van der Waals surface area contributed by atoms with Crippen LogP contribution in [0.4, 0.5) is 26.0 Å². The number of halogens is 3. The van der Waals surface area contributed by atoms with E-state index in [2.05, 4.69) is 20.7 Å². The van der Waals surface area contributed by atoms with E-state index < -0.39 is 41.2 Å². The molecule has 13 heteroatoms. The largest absolute Gasteiger partial charge is 0.616 e. The topological polar surface area (TPSA) is 136 Å². The summed E-state index contributed by atoms with van der Waals surface area (Å²) in [5.74, 6) is -0.403. The number of nitrogens with zero attached hydrogens (tertiary/aromatic N) is 3. The first-order chi connectivity index (χ1) is 16.1. The number of nitrogen functional groups attached to an aromatic ring is 1. The summed E-state index contributed by atoms with van der Waals surface area (Å²) in [4.78, 5) is 30.2. The third kappa shape index (κ3) is 4.93. The summed E-state index contributed by atoms with van der Waals surface area (Å²) in [5.41, 5.74) is 6.55. The second-order valence-electron chi connectivity index (χ2n) is 7.96. The molecule has 4 N–H and O–H groups in total. The van der Waals surface area contributed by atoms with Gasteiger partial charge in [0, 0.05) is 18.3 Å². The highest BCUT2D eigenvalue weighted by Crippen LogP contribution is 2.32. The van der Waals surface area contributed by atoms with E-state index in [0.717, 1.165) is 5.01 Å². The highest BCUT2D eigenvalue weighted by Gasteiger charge is 2.39. The Bertz CT molecular complexity index is 1160. The lowest BCUT2D eigenvalue weighted by molar-refractivity contribution is -0.117. The van der Waals surface area contributed by atoms with E-state index >= 15 is 0 Å². The van der Waals surface area contributed by atoms with Crippen LogP contribution in [0.1, 0.15) is 22.3 Å². The van der Waals surface area contributed by atoms with E-state index in [1.807, 2.05) is 0 Å². The number of aromatic nitrogens is 1. The zero-order valence-corrected chi connectivity index (χ0v) is 19.5. The molecule has 0 radical (unpaired) electrons. The van der Waals surface area contributed by atoms with E-state index in [1.54, 1.807) is 19.1 Å². The van der Waals surface area contributed by atoms with Crippen LogP contribution >= 0.6 is 11.6 Å². The molecule has 4 rings (SSSR count). The summed E-state index contributed by atoms with van der Waals surface area (Å²) in [6.45, 7) is 1.66. The average Bonchev–Trinajstić information content (AvgIpc) is 3.20. The molecule has 0 aliphatic carbocycles. The van der Waals surface area contributed by atoms with E-state index in [9.17, 15) is 22.9 Å². The Morgan fingerprint density at radius 3 is 2.74 bits per heavy atom. The van der Waals surface area contributed by atoms with Gasteiger partial charge in [0.15, 0.2) is 5.82 Å². The maximum Gasteiger partial charge on any atom is 0.278 e. The number of carbonyl (C=O) groups excluding carboxylic acids is 2. The molecule has 3 heterocycles. The standard InChI is InChI=1S/C21H21ClF2N6O3S/c1-10-5-11(25)6-13(20(31)27-12-8-34(33)9-12)17(10)28-21(32)16-7-15(18(23)24)29-30(16)19-14(22)3-2-4-26-19/h2-6,12,16,18H,7-9,25H2,1H3,(H,27,31)(H,28,32). The Morgan fingerprint density at radius 2 is 2.09 bits per heavy atom. The second-order valence-corrected chi connectivity index (χ2v) is 9.91. The zero-order chi connectivity index (χ0) is 24.6. The molecular weight excluding hydrogens is 490 g/mol. The Kier molecular flexibility index (Phi) is 6.91. The lowest BCUT2D eigenvalue weighted by Crippen LogP contribution is -2.53. The number of nitrogens with one attached hydrogen (secondary N) is 2. The van der Waals surface area contributed by atoms with E-state index in [4.69, 9.17) is 17.3 Å². The molecular formula is C21H21ClF2N6O3S. The van der Waals surface area contributed by atoms with E-state index in [1.165, 1.54) is 18.3 Å². The fourth-order valence-corrected chi connectivity index (χ4v) is 4.90. The van der Waals surface area contributed by atoms with Crippen molar-refractivity contribution in [2.75, 3.05) is 27.6 Å². The molecule has 2 aromatic rings. The number of aryl methyl sites for hydroxylation is 1. The molecule has 1 saturated heterocycles. The van der Waals surface area contributed by atoms with Gasteiger partial charge >= 0.3 is 0 Å². The summed E-state index contributed by atoms with van der Waals surface area (Å²) in [6, 6.07) is 4.66. The molecule has 0 bridgehead atoms. The molecule has 2 amide bonds. The van der Waals surface area contributed by atoms with Gasteiger partial charge in [-0.1, -0.05) is 11.6 Å². The summed E-state index contributed by atoms with van der Waals surface area (Å²) in [6.07, 6.45) is -1.80. The molecule has 0 saturated carbocycles. The van der Waals surface area contributed by atoms with Crippen molar-refractivity contribution in [1.82, 2.24) is 10.3 Å². The summed E-state index contributed by atoms with van der Waals surface area (Å²) in [5, 5.41) is 10.5. The number of nitrogens with two attached hydrogens (primary N) is 1. The predicted octanol–water partition coefficient (Wildman–Crippen LogP) is 2.32. The minimum atomic E-state index is -2.87. The van der Waals surface area contributed by atoms with Crippen molar-refractivity contribution in [3.8, 4) is 0 Å². The van der Waals surface area contributed by atoms with Crippen LogP contribution in [0, 0.1) is 6.92 Å². The molecule has 1 aromatic carbocycles. The molecule has 0 spiro atoms. The quantitative estimate of drug-likeness (QED) is 0.403. The van der Waals surface area contributed by atoms with Crippen molar-refractivity contribution >= 4 is 57.5 Å². The zero-order valence-electron chi connectivity index (χ0n) is 17.9. The van der Waals surface area contributed by atoms with Crippen molar-refractivity contribution in [2.24, 2.45) is 5.10 Å². The number of anilines is 3. The first-order valence-electron chi connectivity index (χ1n) is 10.3. The Morgan fingerprint density at radius 1 is 1.35 bits per heavy atom. The normalized spacial score (nSPS) is 21.8. The monoisotopic (exact) mass is 510 g/mol. The number of rotatable bonds is 6. The maximum absolute atomic E-state index is 13.4. The fraction of sp³-hybridized carbons (Fsp3) is 0.333. The fourth-order valence-electron chi connectivity index (χ4n) is 3.72. The van der Waals surface area contributed by atoms with Gasteiger partial charge in [-0.15, -0.1) is 0 Å². The van der Waals surface area contributed by atoms with Gasteiger partial charge in [-0.25, -0.2) is 18.8 Å². The van der Waals surface area contributed by atoms with Crippen molar-refractivity contribution < 1.29 is 22.9 Å². The second kappa shape index (κ2) is 9.72. The molecule has 1 atom stereocenters. The third-order valence-corrected chi connectivity index (χ3v) is 7.25. The number of amides is 2. The minimum absolute atomic E-state index is 0.0601. The SMILES string of the molecule is Cc1cc(N)cc(C(=O)NC2C[S+]([O-])C2)c1NC(=O)C1CC(C(F)F)=NN1c1ncccc1Cl. The van der Waals surface area contributed by atoms with Gasteiger partial charge in [0.2, 0.25) is 5.91 Å². The van der Waals surface area contributed by atoms with Gasteiger partial charge in [0.1, 0.15) is 29.3 Å². The van der Waals surface area contributed by atoms with Crippen molar-refractivity contribution in [3.63, 3.8) is 0 Å². The maximum atomic E-state index is 13.4. The van der Waals surface area contributed by atoms with Crippen molar-refractivity contribution in [1.29, 1.82) is 0 Å². The first-order valence-corrected chi connectivity index (χ1v) is 12.1. The van der Waals surface area contributed by atoms with Crippen LogP contribution in [0.5, 0.6) is 0 Å². The summed E-state index contributed by atoms with van der Waals surface area (Å²) in [7, 11) is 0. The van der Waals surface area contributed by atoms with Crippen LogP contribution in [0.25, 0.3) is 0 Å². The van der Waals surface area contributed by atoms with Crippen molar-refractivity contribution in [2.45, 2.75) is 31.9 Å².